The fraction of sp³-hybridized carbons (Fsp3) is 0.115. The summed E-state index contributed by atoms with van der Waals surface area (Å²) in [6.07, 6.45) is 7.55. The van der Waals surface area contributed by atoms with Gasteiger partial charge in [-0.15, -0.1) is 0 Å². The van der Waals surface area contributed by atoms with Gasteiger partial charge in [-0.2, -0.15) is 0 Å². The van der Waals surface area contributed by atoms with Crippen molar-refractivity contribution < 1.29 is 9.59 Å². The Morgan fingerprint density at radius 2 is 1.84 bits per heavy atom. The van der Waals surface area contributed by atoms with Gasteiger partial charge in [0.15, 0.2) is 0 Å². The van der Waals surface area contributed by atoms with Gasteiger partial charge in [-0.3, -0.25) is 14.6 Å². The van der Waals surface area contributed by atoms with Gasteiger partial charge in [-0.1, -0.05) is 42.0 Å². The molecule has 0 atom stereocenters. The van der Waals surface area contributed by atoms with E-state index >= 15 is 0 Å². The summed E-state index contributed by atoms with van der Waals surface area (Å²) in [6, 6.07) is 18.9. The zero-order chi connectivity index (χ0) is 22.3. The Labute approximate surface area is 186 Å². The lowest BCUT2D eigenvalue weighted by Crippen LogP contribution is -2.35. The van der Waals surface area contributed by atoms with Crippen molar-refractivity contribution in [2.24, 2.45) is 0 Å². The minimum Gasteiger partial charge on any atom is -0.361 e. The van der Waals surface area contributed by atoms with Crippen LogP contribution in [0.25, 0.3) is 17.0 Å². The third-order valence-electron chi connectivity index (χ3n) is 5.16. The zero-order valence-corrected chi connectivity index (χ0v) is 17.8. The first-order valence-electron chi connectivity index (χ1n) is 10.4. The zero-order valence-electron chi connectivity index (χ0n) is 17.8. The number of aromatic nitrogens is 2. The van der Waals surface area contributed by atoms with Crippen LogP contribution in [0.5, 0.6) is 0 Å². The molecule has 0 radical (unpaired) electrons. The van der Waals surface area contributed by atoms with E-state index in [2.05, 4.69) is 26.7 Å². The van der Waals surface area contributed by atoms with Crippen LogP contribution in [0.3, 0.4) is 0 Å². The third-order valence-corrected chi connectivity index (χ3v) is 5.16. The molecular weight excluding hydrogens is 400 g/mol. The SMILES string of the molecule is Cc1ccc(C(=O)NC(=Cc2cccnc2)C(=O)NCCc2c[nH]c3ccccc23)cc1. The Hall–Kier alpha value is -4.19. The highest BCUT2D eigenvalue weighted by molar-refractivity contribution is 6.05. The van der Waals surface area contributed by atoms with Gasteiger partial charge in [0.05, 0.1) is 0 Å². The Morgan fingerprint density at radius 1 is 1.03 bits per heavy atom. The lowest BCUT2D eigenvalue weighted by molar-refractivity contribution is -0.117. The molecule has 32 heavy (non-hydrogen) atoms. The number of fused-ring (bicyclic) bond motifs is 1. The maximum atomic E-state index is 12.9. The van der Waals surface area contributed by atoms with Crippen LogP contribution in [-0.4, -0.2) is 28.3 Å². The molecule has 0 aliphatic heterocycles. The molecule has 0 saturated carbocycles. The summed E-state index contributed by atoms with van der Waals surface area (Å²) >= 11 is 0. The summed E-state index contributed by atoms with van der Waals surface area (Å²) in [5, 5.41) is 6.81. The number of rotatable bonds is 7. The molecule has 0 aliphatic rings. The number of H-pyrrole nitrogens is 1. The first-order chi connectivity index (χ1) is 15.6. The van der Waals surface area contributed by atoms with Crippen molar-refractivity contribution in [3.05, 3.63) is 107 Å². The number of carbonyl (C=O) groups excluding carboxylic acids is 2. The van der Waals surface area contributed by atoms with Gasteiger partial charge < -0.3 is 15.6 Å². The second-order valence-electron chi connectivity index (χ2n) is 7.53. The molecule has 2 heterocycles. The minimum atomic E-state index is -0.353. The van der Waals surface area contributed by atoms with Gasteiger partial charge in [0.1, 0.15) is 5.70 Å². The van der Waals surface area contributed by atoms with Gasteiger partial charge in [-0.25, -0.2) is 0 Å². The normalized spacial score (nSPS) is 11.3. The number of pyridine rings is 1. The van der Waals surface area contributed by atoms with Crippen LogP contribution >= 0.6 is 0 Å². The summed E-state index contributed by atoms with van der Waals surface area (Å²) in [7, 11) is 0. The van der Waals surface area contributed by atoms with E-state index in [-0.39, 0.29) is 17.5 Å². The number of nitrogens with zero attached hydrogens (tertiary/aromatic N) is 1. The molecule has 6 heteroatoms. The van der Waals surface area contributed by atoms with Crippen molar-refractivity contribution in [3.8, 4) is 0 Å². The van der Waals surface area contributed by atoms with Crippen LogP contribution in [0, 0.1) is 6.92 Å². The second-order valence-corrected chi connectivity index (χ2v) is 7.53. The van der Waals surface area contributed by atoms with Crippen molar-refractivity contribution >= 4 is 28.8 Å². The molecule has 0 spiro atoms. The monoisotopic (exact) mass is 424 g/mol. The molecule has 0 unspecified atom stereocenters. The summed E-state index contributed by atoms with van der Waals surface area (Å²) < 4.78 is 0. The van der Waals surface area contributed by atoms with Gasteiger partial charge in [0.2, 0.25) is 0 Å². The van der Waals surface area contributed by atoms with E-state index in [0.29, 0.717) is 18.5 Å². The van der Waals surface area contributed by atoms with E-state index < -0.39 is 0 Å². The molecule has 2 aromatic carbocycles. The Bertz CT molecular complexity index is 1260. The molecule has 160 valence electrons. The van der Waals surface area contributed by atoms with Crippen molar-refractivity contribution in [2.75, 3.05) is 6.54 Å². The number of benzene rings is 2. The molecule has 2 amide bonds. The number of para-hydroxylation sites is 1. The van der Waals surface area contributed by atoms with E-state index in [9.17, 15) is 9.59 Å². The Morgan fingerprint density at radius 3 is 2.62 bits per heavy atom. The number of aromatic amines is 1. The van der Waals surface area contributed by atoms with Crippen LogP contribution in [0.15, 0.2) is 85.0 Å². The van der Waals surface area contributed by atoms with E-state index in [4.69, 9.17) is 0 Å². The largest absolute Gasteiger partial charge is 0.361 e. The number of hydrogen-bond acceptors (Lipinski definition) is 3. The summed E-state index contributed by atoms with van der Waals surface area (Å²) in [5.74, 6) is -0.693. The lowest BCUT2D eigenvalue weighted by atomic mass is 10.1. The maximum Gasteiger partial charge on any atom is 0.267 e. The maximum absolute atomic E-state index is 12.9. The molecule has 6 nitrogen and oxygen atoms in total. The molecule has 0 aliphatic carbocycles. The highest BCUT2D eigenvalue weighted by Gasteiger charge is 2.15. The first-order valence-corrected chi connectivity index (χ1v) is 10.4. The highest BCUT2D eigenvalue weighted by Crippen LogP contribution is 2.17. The quantitative estimate of drug-likeness (QED) is 0.392. The molecule has 3 N–H and O–H groups in total. The number of amides is 2. The number of nitrogens with one attached hydrogen (secondary N) is 3. The first kappa shape index (κ1) is 21.1. The fourth-order valence-electron chi connectivity index (χ4n) is 3.43. The van der Waals surface area contributed by atoms with Gasteiger partial charge >= 0.3 is 0 Å². The minimum absolute atomic E-state index is 0.169. The molecule has 0 saturated heterocycles. The van der Waals surface area contributed by atoms with E-state index in [1.54, 1.807) is 36.7 Å². The topological polar surface area (TPSA) is 86.9 Å². The fourth-order valence-corrected chi connectivity index (χ4v) is 3.43. The van der Waals surface area contributed by atoms with Gasteiger partial charge in [-0.05, 0) is 54.8 Å². The lowest BCUT2D eigenvalue weighted by Gasteiger charge is -2.11. The Balaban J connectivity index is 1.47. The van der Waals surface area contributed by atoms with Crippen molar-refractivity contribution in [2.45, 2.75) is 13.3 Å². The predicted octanol–water partition coefficient (Wildman–Crippen LogP) is 4.00. The number of hydrogen-bond donors (Lipinski definition) is 3. The smallest absolute Gasteiger partial charge is 0.267 e. The standard InChI is InChI=1S/C26H24N4O2/c1-18-8-10-20(11-9-18)25(31)30-24(15-19-5-4-13-27-16-19)26(32)28-14-12-21-17-29-23-7-3-2-6-22(21)23/h2-11,13,15-17,29H,12,14H2,1H3,(H,28,32)(H,30,31). The molecule has 0 bridgehead atoms. The van der Waals surface area contributed by atoms with E-state index in [0.717, 1.165) is 27.6 Å². The van der Waals surface area contributed by atoms with Crippen molar-refractivity contribution in [1.82, 2.24) is 20.6 Å². The van der Waals surface area contributed by atoms with Crippen LogP contribution in [0.2, 0.25) is 0 Å². The highest BCUT2D eigenvalue weighted by atomic mass is 16.2. The van der Waals surface area contributed by atoms with Crippen molar-refractivity contribution in [1.29, 1.82) is 0 Å². The average Bonchev–Trinajstić information content (AvgIpc) is 3.23. The van der Waals surface area contributed by atoms with Gasteiger partial charge in [0, 0.05) is 41.6 Å². The Kier molecular flexibility index (Phi) is 6.41. The summed E-state index contributed by atoms with van der Waals surface area (Å²) in [4.78, 5) is 33.0. The average molecular weight is 425 g/mol. The van der Waals surface area contributed by atoms with Crippen LogP contribution in [0.1, 0.15) is 27.0 Å². The molecular formula is C26H24N4O2. The number of aryl methyl sites for hydroxylation is 1. The predicted molar refractivity (Wildman–Crippen MR) is 126 cm³/mol. The second kappa shape index (κ2) is 9.75. The van der Waals surface area contributed by atoms with Crippen LogP contribution < -0.4 is 10.6 Å². The molecule has 4 rings (SSSR count). The molecule has 2 aromatic heterocycles. The third kappa shape index (κ3) is 5.10. The number of carbonyl (C=O) groups is 2. The van der Waals surface area contributed by atoms with Gasteiger partial charge in [0.25, 0.3) is 11.8 Å². The van der Waals surface area contributed by atoms with Crippen LogP contribution in [0.4, 0.5) is 0 Å². The summed E-state index contributed by atoms with van der Waals surface area (Å²) in [5.41, 5.74) is 4.63. The van der Waals surface area contributed by atoms with E-state index in [1.165, 1.54) is 0 Å². The van der Waals surface area contributed by atoms with Crippen LogP contribution in [-0.2, 0) is 11.2 Å². The summed E-state index contributed by atoms with van der Waals surface area (Å²) in [6.45, 7) is 2.39. The molecule has 0 fully saturated rings. The molecule has 4 aromatic rings. The van der Waals surface area contributed by atoms with E-state index in [1.807, 2.05) is 49.5 Å². The van der Waals surface area contributed by atoms with Crippen molar-refractivity contribution in [3.63, 3.8) is 0 Å².